The van der Waals surface area contributed by atoms with Crippen molar-refractivity contribution >= 4 is 20.0 Å². The summed E-state index contributed by atoms with van der Waals surface area (Å²) >= 11 is 0. The number of hydrogen-bond donors (Lipinski definition) is 2. The maximum absolute atomic E-state index is 12.2. The van der Waals surface area contributed by atoms with E-state index in [1.54, 1.807) is 0 Å². The monoisotopic (exact) mass is 368 g/mol. The van der Waals surface area contributed by atoms with Crippen molar-refractivity contribution in [3.05, 3.63) is 48.5 Å². The van der Waals surface area contributed by atoms with Crippen LogP contribution in [0.5, 0.6) is 11.5 Å². The van der Waals surface area contributed by atoms with Gasteiger partial charge in [0.2, 0.25) is 9.84 Å². The summed E-state index contributed by atoms with van der Waals surface area (Å²) in [6, 6.07) is 11.2. The van der Waals surface area contributed by atoms with Crippen molar-refractivity contribution in [3.63, 3.8) is 0 Å². The molecule has 2 aromatic carbocycles. The van der Waals surface area contributed by atoms with Gasteiger partial charge in [-0.25, -0.2) is 16.8 Å². The van der Waals surface area contributed by atoms with E-state index in [0.29, 0.717) is 6.26 Å². The summed E-state index contributed by atoms with van der Waals surface area (Å²) in [5, 5.41) is 19.1. The molecule has 0 bridgehead atoms. The van der Waals surface area contributed by atoms with E-state index < -0.39 is 20.0 Å². The molecule has 0 atom stereocenters. The maximum Gasteiger partial charge on any atom is 1.00 e. The van der Waals surface area contributed by atoms with Gasteiger partial charge in [0.05, 0.1) is 10.1 Å². The third-order valence-electron chi connectivity index (χ3n) is 2.31. The van der Waals surface area contributed by atoms with Crippen LogP contribution >= 0.6 is 0 Å². The molecule has 2 rings (SSSR count). The molecular weight excluding hydrogens is 355 g/mol. The van der Waals surface area contributed by atoms with Crippen LogP contribution < -0.4 is 29.6 Å². The van der Waals surface area contributed by atoms with Crippen LogP contribution in [-0.4, -0.2) is 37.9 Å². The Morgan fingerprint density at radius 1 is 0.783 bits per heavy atom. The molecule has 0 radical (unpaired) electrons. The fourth-order valence-corrected chi connectivity index (χ4v) is 2.93. The molecule has 7 nitrogen and oxygen atoms in total. The van der Waals surface area contributed by atoms with Gasteiger partial charge in [0.25, 0.3) is 0 Å². The summed E-state index contributed by atoms with van der Waals surface area (Å²) in [6.45, 7) is 0. The standard InChI is InChI=1S/C12H10O4S.CH4O3S.Na/c13-9-5-1-3-7-11(9)17(15,16)12-8-4-2-6-10(12)14;1-5(2,3)4;/h1-8,13-14H;1H3,(H,2,3,4);/q;;+1/p-1. The molecule has 0 heterocycles. The number of aromatic hydroxyl groups is 2. The van der Waals surface area contributed by atoms with Crippen molar-refractivity contribution in [1.29, 1.82) is 0 Å². The van der Waals surface area contributed by atoms with Gasteiger partial charge in [-0.3, -0.25) is 0 Å². The second-order valence-electron chi connectivity index (χ2n) is 4.14. The first-order chi connectivity index (χ1) is 10.0. The van der Waals surface area contributed by atoms with Crippen LogP contribution in [0.4, 0.5) is 0 Å². The summed E-state index contributed by atoms with van der Waals surface area (Å²) in [7, 11) is -7.82. The van der Waals surface area contributed by atoms with Gasteiger partial charge in [-0.15, -0.1) is 0 Å². The van der Waals surface area contributed by atoms with Crippen molar-refractivity contribution in [2.75, 3.05) is 6.26 Å². The van der Waals surface area contributed by atoms with E-state index in [-0.39, 0.29) is 50.8 Å². The Hall–Kier alpha value is -1.10. The van der Waals surface area contributed by atoms with E-state index in [1.165, 1.54) is 48.5 Å². The fraction of sp³-hybridized carbons (Fsp3) is 0.0769. The molecule has 2 aromatic rings. The zero-order chi connectivity index (χ0) is 17.0. The molecule has 0 aromatic heterocycles. The van der Waals surface area contributed by atoms with Gasteiger partial charge in [0, 0.05) is 6.26 Å². The zero-order valence-electron chi connectivity index (χ0n) is 12.4. The SMILES string of the molecule is CS(=O)(=O)[O-].O=S(=O)(c1ccccc1O)c1ccccc1O.[Na+]. The number of hydrogen-bond acceptors (Lipinski definition) is 7. The van der Waals surface area contributed by atoms with Gasteiger partial charge >= 0.3 is 29.6 Å². The minimum Gasteiger partial charge on any atom is -0.748 e. The molecule has 0 saturated heterocycles. The summed E-state index contributed by atoms with van der Waals surface area (Å²) in [5.74, 6) is -0.675. The van der Waals surface area contributed by atoms with E-state index in [4.69, 9.17) is 13.0 Å². The quantitative estimate of drug-likeness (QED) is 0.467. The number of para-hydroxylation sites is 2. The minimum atomic E-state index is -3.92. The van der Waals surface area contributed by atoms with Gasteiger partial charge in [0.15, 0.2) is 0 Å². The minimum absolute atomic E-state index is 0. The largest absolute Gasteiger partial charge is 1.00 e. The van der Waals surface area contributed by atoms with Crippen molar-refractivity contribution < 1.29 is 61.2 Å². The third-order valence-corrected chi connectivity index (χ3v) is 4.16. The summed E-state index contributed by atoms with van der Waals surface area (Å²) in [6.07, 6.45) is 0.604. The molecular formula is C13H13NaO7S2. The third kappa shape index (κ3) is 6.90. The topological polar surface area (TPSA) is 132 Å². The van der Waals surface area contributed by atoms with Gasteiger partial charge < -0.3 is 14.8 Å². The molecule has 23 heavy (non-hydrogen) atoms. The van der Waals surface area contributed by atoms with Gasteiger partial charge in [-0.05, 0) is 24.3 Å². The zero-order valence-corrected chi connectivity index (χ0v) is 16.0. The van der Waals surface area contributed by atoms with E-state index in [9.17, 15) is 18.6 Å². The van der Waals surface area contributed by atoms with Crippen molar-refractivity contribution in [2.24, 2.45) is 0 Å². The van der Waals surface area contributed by atoms with Gasteiger partial charge in [-0.2, -0.15) is 0 Å². The predicted octanol–water partition coefficient (Wildman–Crippen LogP) is -1.90. The molecule has 0 saturated carbocycles. The molecule has 0 aliphatic rings. The van der Waals surface area contributed by atoms with E-state index in [1.807, 2.05) is 0 Å². The van der Waals surface area contributed by atoms with Crippen LogP contribution in [0.3, 0.4) is 0 Å². The predicted molar refractivity (Wildman–Crippen MR) is 77.3 cm³/mol. The molecule has 2 N–H and O–H groups in total. The molecule has 0 spiro atoms. The Morgan fingerprint density at radius 3 is 1.30 bits per heavy atom. The van der Waals surface area contributed by atoms with Gasteiger partial charge in [0.1, 0.15) is 21.3 Å². The molecule has 120 valence electrons. The van der Waals surface area contributed by atoms with Crippen molar-refractivity contribution in [3.8, 4) is 11.5 Å². The second kappa shape index (κ2) is 8.67. The number of sulfone groups is 1. The van der Waals surface area contributed by atoms with Crippen molar-refractivity contribution in [1.82, 2.24) is 0 Å². The van der Waals surface area contributed by atoms with Gasteiger partial charge in [-0.1, -0.05) is 24.3 Å². The summed E-state index contributed by atoms with van der Waals surface area (Å²) in [5.41, 5.74) is 0. The Bertz CT molecular complexity index is 802. The van der Waals surface area contributed by atoms with Crippen LogP contribution in [0.15, 0.2) is 58.3 Å². The molecule has 0 unspecified atom stereocenters. The number of phenolic OH excluding ortho intramolecular Hbond substituents is 2. The van der Waals surface area contributed by atoms with Crippen LogP contribution in [0.25, 0.3) is 0 Å². The summed E-state index contributed by atoms with van der Waals surface area (Å²) in [4.78, 5) is -0.442. The Balaban J connectivity index is 0.000000709. The molecule has 0 amide bonds. The van der Waals surface area contributed by atoms with E-state index >= 15 is 0 Å². The molecule has 0 fully saturated rings. The first-order valence-electron chi connectivity index (χ1n) is 5.75. The van der Waals surface area contributed by atoms with Crippen LogP contribution in [0, 0.1) is 0 Å². The first kappa shape index (κ1) is 21.9. The fourth-order valence-electron chi connectivity index (χ4n) is 1.49. The normalized spacial score (nSPS) is 10.9. The number of rotatable bonds is 2. The molecule has 10 heteroatoms. The summed E-state index contributed by atoms with van der Waals surface area (Å²) < 4.78 is 51.5. The average Bonchev–Trinajstić information content (AvgIpc) is 2.37. The smallest absolute Gasteiger partial charge is 0.748 e. The van der Waals surface area contributed by atoms with Crippen LogP contribution in [0.2, 0.25) is 0 Å². The van der Waals surface area contributed by atoms with E-state index in [2.05, 4.69) is 0 Å². The van der Waals surface area contributed by atoms with E-state index in [0.717, 1.165) is 0 Å². The maximum atomic E-state index is 12.2. The Labute approximate surface area is 156 Å². The Morgan fingerprint density at radius 2 is 1.04 bits per heavy atom. The Kier molecular flexibility index (Phi) is 8.25. The van der Waals surface area contributed by atoms with Crippen LogP contribution in [0.1, 0.15) is 0 Å². The average molecular weight is 368 g/mol. The first-order valence-corrected chi connectivity index (χ1v) is 9.05. The van der Waals surface area contributed by atoms with Crippen molar-refractivity contribution in [2.45, 2.75) is 9.79 Å². The molecule has 0 aliphatic carbocycles. The number of benzene rings is 2. The van der Waals surface area contributed by atoms with Crippen LogP contribution in [-0.2, 0) is 20.0 Å². The second-order valence-corrected chi connectivity index (χ2v) is 7.44. The molecule has 0 aliphatic heterocycles. The number of phenols is 2.